The van der Waals surface area contributed by atoms with Gasteiger partial charge in [0.15, 0.2) is 0 Å². The van der Waals surface area contributed by atoms with E-state index in [1.807, 2.05) is 6.07 Å². The molecule has 1 aromatic rings. The minimum absolute atomic E-state index is 0.0901. The number of hydrogen-bond acceptors (Lipinski definition) is 3. The quantitative estimate of drug-likeness (QED) is 0.822. The normalized spacial score (nSPS) is 15.7. The second-order valence-corrected chi connectivity index (χ2v) is 5.25. The molecule has 0 aromatic heterocycles. The number of hydrogen-bond donors (Lipinski definition) is 2. The Balaban J connectivity index is 1.98. The zero-order valence-corrected chi connectivity index (χ0v) is 11.1. The van der Waals surface area contributed by atoms with Gasteiger partial charge in [-0.3, -0.25) is 4.79 Å². The number of nitrogens with two attached hydrogens (primary N) is 1. The van der Waals surface area contributed by atoms with Crippen LogP contribution in [0.1, 0.15) is 18.1 Å². The molecule has 3 N–H and O–H groups in total. The number of anilines is 1. The predicted molar refractivity (Wildman–Crippen MR) is 73.3 cm³/mol. The Morgan fingerprint density at radius 3 is 3.00 bits per heavy atom. The first-order valence-electron chi connectivity index (χ1n) is 6.38. The molecule has 1 aliphatic heterocycles. The zero-order chi connectivity index (χ0) is 13.1. The van der Waals surface area contributed by atoms with Gasteiger partial charge in [0.25, 0.3) is 0 Å². The zero-order valence-electron chi connectivity index (χ0n) is 11.1. The molecule has 4 nitrogen and oxygen atoms in total. The van der Waals surface area contributed by atoms with E-state index in [0.29, 0.717) is 18.9 Å². The number of amides is 1. The SMILES string of the molecule is CC(CN)CN(C)Cc1ccc2c(c1)CC(=O)N2. The van der Waals surface area contributed by atoms with Crippen LogP contribution >= 0.6 is 0 Å². The Morgan fingerprint density at radius 2 is 2.28 bits per heavy atom. The molecule has 1 aliphatic rings. The third kappa shape index (κ3) is 3.09. The van der Waals surface area contributed by atoms with Gasteiger partial charge in [-0.05, 0) is 36.7 Å². The van der Waals surface area contributed by atoms with Gasteiger partial charge >= 0.3 is 0 Å². The van der Waals surface area contributed by atoms with Crippen LogP contribution < -0.4 is 11.1 Å². The molecule has 1 atom stereocenters. The summed E-state index contributed by atoms with van der Waals surface area (Å²) in [5.74, 6) is 0.597. The van der Waals surface area contributed by atoms with E-state index in [9.17, 15) is 4.79 Å². The van der Waals surface area contributed by atoms with E-state index in [1.165, 1.54) is 5.56 Å². The largest absolute Gasteiger partial charge is 0.330 e. The lowest BCUT2D eigenvalue weighted by Gasteiger charge is -2.20. The monoisotopic (exact) mass is 247 g/mol. The van der Waals surface area contributed by atoms with Gasteiger partial charge in [-0.2, -0.15) is 0 Å². The smallest absolute Gasteiger partial charge is 0.228 e. The molecule has 0 spiro atoms. The van der Waals surface area contributed by atoms with Crippen molar-refractivity contribution in [1.82, 2.24) is 4.90 Å². The number of benzene rings is 1. The summed E-state index contributed by atoms with van der Waals surface area (Å²) in [7, 11) is 2.10. The summed E-state index contributed by atoms with van der Waals surface area (Å²) in [4.78, 5) is 13.5. The Kier molecular flexibility index (Phi) is 3.99. The molecule has 1 amide bonds. The third-order valence-electron chi connectivity index (χ3n) is 3.27. The van der Waals surface area contributed by atoms with Crippen molar-refractivity contribution >= 4 is 11.6 Å². The maximum Gasteiger partial charge on any atom is 0.228 e. The second-order valence-electron chi connectivity index (χ2n) is 5.25. The Hall–Kier alpha value is -1.39. The fraction of sp³-hybridized carbons (Fsp3) is 0.500. The fourth-order valence-corrected chi connectivity index (χ4v) is 2.36. The molecule has 1 aromatic carbocycles. The van der Waals surface area contributed by atoms with Gasteiger partial charge in [-0.1, -0.05) is 19.1 Å². The summed E-state index contributed by atoms with van der Waals surface area (Å²) in [5.41, 5.74) is 8.95. The van der Waals surface area contributed by atoms with Gasteiger partial charge in [0.2, 0.25) is 5.91 Å². The van der Waals surface area contributed by atoms with Crippen molar-refractivity contribution in [3.8, 4) is 0 Å². The van der Waals surface area contributed by atoms with Gasteiger partial charge < -0.3 is 16.0 Å². The molecular weight excluding hydrogens is 226 g/mol. The van der Waals surface area contributed by atoms with Crippen molar-refractivity contribution in [2.24, 2.45) is 11.7 Å². The van der Waals surface area contributed by atoms with Crippen LogP contribution in [0.2, 0.25) is 0 Å². The first kappa shape index (κ1) is 13.1. The maximum absolute atomic E-state index is 11.3. The van der Waals surface area contributed by atoms with Crippen LogP contribution in [0.3, 0.4) is 0 Å². The third-order valence-corrected chi connectivity index (χ3v) is 3.27. The molecule has 18 heavy (non-hydrogen) atoms. The minimum atomic E-state index is 0.0901. The molecular formula is C14H21N3O. The standard InChI is InChI=1S/C14H21N3O/c1-10(7-15)8-17(2)9-11-3-4-13-12(5-11)6-14(18)16-13/h3-5,10H,6-9,15H2,1-2H3,(H,16,18). The summed E-state index contributed by atoms with van der Waals surface area (Å²) in [6.45, 7) is 4.76. The van der Waals surface area contributed by atoms with Gasteiger partial charge in [0, 0.05) is 18.8 Å². The molecule has 2 rings (SSSR count). The molecule has 0 radical (unpaired) electrons. The average molecular weight is 247 g/mol. The molecule has 0 fully saturated rings. The van der Waals surface area contributed by atoms with Gasteiger partial charge in [0.1, 0.15) is 0 Å². The molecule has 0 bridgehead atoms. The number of nitrogens with one attached hydrogen (secondary N) is 1. The molecule has 0 saturated carbocycles. The Morgan fingerprint density at radius 1 is 1.50 bits per heavy atom. The van der Waals surface area contributed by atoms with Gasteiger partial charge in [-0.25, -0.2) is 0 Å². The minimum Gasteiger partial charge on any atom is -0.330 e. The van der Waals surface area contributed by atoms with E-state index in [1.54, 1.807) is 0 Å². The van der Waals surface area contributed by atoms with Crippen molar-refractivity contribution in [2.75, 3.05) is 25.5 Å². The number of fused-ring (bicyclic) bond motifs is 1. The Labute approximate surface area is 108 Å². The van der Waals surface area contributed by atoms with Crippen LogP contribution in [0.4, 0.5) is 5.69 Å². The first-order valence-corrected chi connectivity index (χ1v) is 6.38. The highest BCUT2D eigenvalue weighted by molar-refractivity contribution is 5.99. The number of carbonyl (C=O) groups excluding carboxylic acids is 1. The maximum atomic E-state index is 11.3. The molecule has 0 saturated heterocycles. The molecule has 0 aliphatic carbocycles. The number of nitrogens with zero attached hydrogens (tertiary/aromatic N) is 1. The van der Waals surface area contributed by atoms with Crippen LogP contribution in [0, 0.1) is 5.92 Å². The van der Waals surface area contributed by atoms with E-state index in [4.69, 9.17) is 5.73 Å². The summed E-state index contributed by atoms with van der Waals surface area (Å²) in [5, 5.41) is 2.85. The average Bonchev–Trinajstić information content (AvgIpc) is 2.68. The summed E-state index contributed by atoms with van der Waals surface area (Å²) in [6, 6.07) is 6.20. The van der Waals surface area contributed by atoms with Crippen LogP contribution in [-0.2, 0) is 17.8 Å². The lowest BCUT2D eigenvalue weighted by Crippen LogP contribution is -2.28. The summed E-state index contributed by atoms with van der Waals surface area (Å²) in [6.07, 6.45) is 0.506. The lowest BCUT2D eigenvalue weighted by atomic mass is 10.1. The summed E-state index contributed by atoms with van der Waals surface area (Å²) >= 11 is 0. The topological polar surface area (TPSA) is 58.4 Å². The predicted octanol–water partition coefficient (Wildman–Crippen LogP) is 1.21. The van der Waals surface area contributed by atoms with E-state index in [-0.39, 0.29) is 5.91 Å². The van der Waals surface area contributed by atoms with Crippen LogP contribution in [0.15, 0.2) is 18.2 Å². The molecule has 98 valence electrons. The van der Waals surface area contributed by atoms with Crippen molar-refractivity contribution in [1.29, 1.82) is 0 Å². The molecule has 1 heterocycles. The van der Waals surface area contributed by atoms with E-state index in [0.717, 1.165) is 24.3 Å². The Bertz CT molecular complexity index is 445. The van der Waals surface area contributed by atoms with Crippen LogP contribution in [0.25, 0.3) is 0 Å². The first-order chi connectivity index (χ1) is 8.58. The highest BCUT2D eigenvalue weighted by Gasteiger charge is 2.17. The fourth-order valence-electron chi connectivity index (χ4n) is 2.36. The van der Waals surface area contributed by atoms with Crippen molar-refractivity contribution in [2.45, 2.75) is 19.9 Å². The van der Waals surface area contributed by atoms with Gasteiger partial charge in [0.05, 0.1) is 6.42 Å². The summed E-state index contributed by atoms with van der Waals surface area (Å²) < 4.78 is 0. The second kappa shape index (κ2) is 5.50. The highest BCUT2D eigenvalue weighted by Crippen LogP contribution is 2.24. The van der Waals surface area contributed by atoms with E-state index >= 15 is 0 Å². The molecule has 1 unspecified atom stereocenters. The van der Waals surface area contributed by atoms with E-state index in [2.05, 4.69) is 36.3 Å². The van der Waals surface area contributed by atoms with E-state index < -0.39 is 0 Å². The number of carbonyl (C=O) groups is 1. The van der Waals surface area contributed by atoms with Crippen molar-refractivity contribution in [3.05, 3.63) is 29.3 Å². The molecule has 4 heteroatoms. The van der Waals surface area contributed by atoms with Crippen LogP contribution in [-0.4, -0.2) is 30.9 Å². The van der Waals surface area contributed by atoms with Gasteiger partial charge in [-0.15, -0.1) is 0 Å². The highest BCUT2D eigenvalue weighted by atomic mass is 16.1. The van der Waals surface area contributed by atoms with Crippen molar-refractivity contribution < 1.29 is 4.79 Å². The van der Waals surface area contributed by atoms with Crippen LogP contribution in [0.5, 0.6) is 0 Å². The lowest BCUT2D eigenvalue weighted by molar-refractivity contribution is -0.115. The van der Waals surface area contributed by atoms with Crippen molar-refractivity contribution in [3.63, 3.8) is 0 Å². The number of rotatable bonds is 5.